The van der Waals surface area contributed by atoms with Gasteiger partial charge in [-0.05, 0) is 38.3 Å². The molecule has 18 heavy (non-hydrogen) atoms. The average Bonchev–Trinajstić information content (AvgIpc) is 2.63. The minimum atomic E-state index is 0.0187. The molecular formula is C15H25N3. The van der Waals surface area contributed by atoms with Crippen molar-refractivity contribution in [2.45, 2.75) is 58.0 Å². The fraction of sp³-hybridized carbons (Fsp3) is 0.667. The highest BCUT2D eigenvalue weighted by Gasteiger charge is 2.19. The number of rotatable bonds is 3. The number of nitrogens with two attached hydrogens (primary N) is 1. The molecular weight excluding hydrogens is 222 g/mol. The topological polar surface area (TPSA) is 42.1 Å². The van der Waals surface area contributed by atoms with Gasteiger partial charge < -0.3 is 10.6 Å². The minimum absolute atomic E-state index is 0.0187. The second-order valence-electron chi connectivity index (χ2n) is 5.33. The van der Waals surface area contributed by atoms with Gasteiger partial charge in [0.2, 0.25) is 0 Å². The van der Waals surface area contributed by atoms with Crippen LogP contribution < -0.4 is 10.6 Å². The van der Waals surface area contributed by atoms with E-state index in [1.807, 2.05) is 13.1 Å². The summed E-state index contributed by atoms with van der Waals surface area (Å²) in [5.41, 5.74) is 8.08. The van der Waals surface area contributed by atoms with E-state index in [1.54, 1.807) is 0 Å². The van der Waals surface area contributed by atoms with Gasteiger partial charge in [-0.3, -0.25) is 4.98 Å². The summed E-state index contributed by atoms with van der Waals surface area (Å²) in [7, 11) is 0. The van der Waals surface area contributed by atoms with Crippen molar-refractivity contribution in [2.24, 2.45) is 5.73 Å². The molecule has 2 heterocycles. The molecule has 2 atom stereocenters. The predicted molar refractivity (Wildman–Crippen MR) is 76.7 cm³/mol. The van der Waals surface area contributed by atoms with Crippen molar-refractivity contribution in [2.75, 3.05) is 11.4 Å². The summed E-state index contributed by atoms with van der Waals surface area (Å²) in [6.07, 6.45) is 8.54. The van der Waals surface area contributed by atoms with E-state index in [2.05, 4.69) is 28.9 Å². The molecule has 100 valence electrons. The van der Waals surface area contributed by atoms with Crippen LogP contribution in [0.25, 0.3) is 0 Å². The second-order valence-corrected chi connectivity index (χ2v) is 5.33. The van der Waals surface area contributed by atoms with Crippen molar-refractivity contribution in [1.82, 2.24) is 4.98 Å². The molecule has 1 fully saturated rings. The van der Waals surface area contributed by atoms with E-state index < -0.39 is 0 Å². The predicted octanol–water partition coefficient (Wildman–Crippen LogP) is 3.26. The maximum Gasteiger partial charge on any atom is 0.0569 e. The lowest BCUT2D eigenvalue weighted by Gasteiger charge is -2.31. The maximum atomic E-state index is 5.84. The zero-order valence-electron chi connectivity index (χ0n) is 11.6. The number of pyridine rings is 1. The minimum Gasteiger partial charge on any atom is -0.367 e. The van der Waals surface area contributed by atoms with E-state index >= 15 is 0 Å². The van der Waals surface area contributed by atoms with Crippen LogP contribution in [0.4, 0.5) is 5.69 Å². The van der Waals surface area contributed by atoms with Crippen molar-refractivity contribution in [1.29, 1.82) is 0 Å². The van der Waals surface area contributed by atoms with E-state index in [-0.39, 0.29) is 6.04 Å². The molecule has 0 saturated carbocycles. The van der Waals surface area contributed by atoms with Crippen LogP contribution in [0, 0.1) is 0 Å². The molecule has 2 rings (SSSR count). The monoisotopic (exact) mass is 247 g/mol. The van der Waals surface area contributed by atoms with Gasteiger partial charge in [-0.1, -0.05) is 19.8 Å². The third-order valence-corrected chi connectivity index (χ3v) is 3.92. The van der Waals surface area contributed by atoms with Gasteiger partial charge in [0.25, 0.3) is 0 Å². The van der Waals surface area contributed by atoms with Crippen molar-refractivity contribution >= 4 is 5.69 Å². The van der Waals surface area contributed by atoms with E-state index in [0.717, 1.165) is 12.2 Å². The number of hydrogen-bond donors (Lipinski definition) is 1. The maximum absolute atomic E-state index is 5.84. The van der Waals surface area contributed by atoms with Crippen LogP contribution in [-0.2, 0) is 0 Å². The first-order chi connectivity index (χ1) is 8.72. The molecule has 3 heteroatoms. The summed E-state index contributed by atoms with van der Waals surface area (Å²) in [4.78, 5) is 7.02. The fourth-order valence-electron chi connectivity index (χ4n) is 2.78. The Hall–Kier alpha value is -1.09. The van der Waals surface area contributed by atoms with Gasteiger partial charge in [0, 0.05) is 18.6 Å². The standard InChI is InChI=1S/C15H25N3/c1-3-13-7-5-4-6-10-18(13)14-8-9-15(12(2)16)17-11-14/h8-9,11-13H,3-7,10,16H2,1-2H3/t12-,13?/m1/s1. The highest BCUT2D eigenvalue weighted by atomic mass is 15.2. The van der Waals surface area contributed by atoms with Crippen LogP contribution in [-0.4, -0.2) is 17.6 Å². The van der Waals surface area contributed by atoms with Crippen LogP contribution >= 0.6 is 0 Å². The molecule has 1 aromatic heterocycles. The number of aromatic nitrogens is 1. The van der Waals surface area contributed by atoms with E-state index in [4.69, 9.17) is 5.73 Å². The lowest BCUT2D eigenvalue weighted by atomic mass is 10.1. The molecule has 1 unspecified atom stereocenters. The highest BCUT2D eigenvalue weighted by Crippen LogP contribution is 2.25. The summed E-state index contributed by atoms with van der Waals surface area (Å²) in [6, 6.07) is 4.94. The average molecular weight is 247 g/mol. The number of hydrogen-bond acceptors (Lipinski definition) is 3. The van der Waals surface area contributed by atoms with Crippen molar-refractivity contribution in [3.8, 4) is 0 Å². The normalized spacial score (nSPS) is 22.6. The van der Waals surface area contributed by atoms with Gasteiger partial charge in [-0.25, -0.2) is 0 Å². The van der Waals surface area contributed by atoms with Crippen LogP contribution in [0.5, 0.6) is 0 Å². The van der Waals surface area contributed by atoms with Crippen LogP contribution in [0.15, 0.2) is 18.3 Å². The molecule has 1 aliphatic heterocycles. The summed E-state index contributed by atoms with van der Waals surface area (Å²) >= 11 is 0. The molecule has 3 nitrogen and oxygen atoms in total. The van der Waals surface area contributed by atoms with Crippen molar-refractivity contribution < 1.29 is 0 Å². The van der Waals surface area contributed by atoms with Crippen LogP contribution in [0.3, 0.4) is 0 Å². The first-order valence-corrected chi connectivity index (χ1v) is 7.20. The Morgan fingerprint density at radius 2 is 2.22 bits per heavy atom. The SMILES string of the molecule is CCC1CCCCCN1c1ccc([C@@H](C)N)nc1. The van der Waals surface area contributed by atoms with Crippen molar-refractivity contribution in [3.05, 3.63) is 24.0 Å². The van der Waals surface area contributed by atoms with Gasteiger partial charge in [0.05, 0.1) is 17.6 Å². The molecule has 0 aliphatic carbocycles. The Labute approximate surface area is 110 Å². The van der Waals surface area contributed by atoms with E-state index in [1.165, 1.54) is 37.8 Å². The highest BCUT2D eigenvalue weighted by molar-refractivity contribution is 5.46. The molecule has 1 saturated heterocycles. The number of nitrogens with zero attached hydrogens (tertiary/aromatic N) is 2. The molecule has 0 amide bonds. The summed E-state index contributed by atoms with van der Waals surface area (Å²) < 4.78 is 0. The summed E-state index contributed by atoms with van der Waals surface area (Å²) in [5.74, 6) is 0. The summed E-state index contributed by atoms with van der Waals surface area (Å²) in [6.45, 7) is 5.42. The zero-order chi connectivity index (χ0) is 13.0. The third-order valence-electron chi connectivity index (χ3n) is 3.92. The molecule has 2 N–H and O–H groups in total. The first-order valence-electron chi connectivity index (χ1n) is 7.20. The smallest absolute Gasteiger partial charge is 0.0569 e. The third kappa shape index (κ3) is 3.02. The Balaban J connectivity index is 2.16. The van der Waals surface area contributed by atoms with Gasteiger partial charge in [0.1, 0.15) is 0 Å². The lowest BCUT2D eigenvalue weighted by Crippen LogP contribution is -2.34. The zero-order valence-corrected chi connectivity index (χ0v) is 11.6. The van der Waals surface area contributed by atoms with Crippen molar-refractivity contribution in [3.63, 3.8) is 0 Å². The lowest BCUT2D eigenvalue weighted by molar-refractivity contribution is 0.555. The van der Waals surface area contributed by atoms with Gasteiger partial charge in [-0.15, -0.1) is 0 Å². The Bertz CT molecular complexity index is 359. The van der Waals surface area contributed by atoms with Crippen LogP contribution in [0.2, 0.25) is 0 Å². The molecule has 0 bridgehead atoms. The summed E-state index contributed by atoms with van der Waals surface area (Å²) in [5, 5.41) is 0. The van der Waals surface area contributed by atoms with E-state index in [9.17, 15) is 0 Å². The Morgan fingerprint density at radius 1 is 1.39 bits per heavy atom. The largest absolute Gasteiger partial charge is 0.367 e. The molecule has 0 radical (unpaired) electrons. The Morgan fingerprint density at radius 3 is 2.83 bits per heavy atom. The van der Waals surface area contributed by atoms with Gasteiger partial charge in [-0.2, -0.15) is 0 Å². The molecule has 1 aliphatic rings. The second kappa shape index (κ2) is 6.19. The van der Waals surface area contributed by atoms with Gasteiger partial charge >= 0.3 is 0 Å². The Kier molecular flexibility index (Phi) is 4.59. The molecule has 0 spiro atoms. The number of anilines is 1. The first kappa shape index (κ1) is 13.3. The molecule has 1 aromatic rings. The van der Waals surface area contributed by atoms with Gasteiger partial charge in [0.15, 0.2) is 0 Å². The van der Waals surface area contributed by atoms with E-state index in [0.29, 0.717) is 6.04 Å². The fourth-order valence-corrected chi connectivity index (χ4v) is 2.78. The van der Waals surface area contributed by atoms with Crippen LogP contribution in [0.1, 0.15) is 57.7 Å². The quantitative estimate of drug-likeness (QED) is 0.891. The molecule has 0 aromatic carbocycles.